The van der Waals surface area contributed by atoms with Gasteiger partial charge >= 0.3 is 5.97 Å². The Morgan fingerprint density at radius 1 is 1.25 bits per heavy atom. The first-order valence-electron chi connectivity index (χ1n) is 9.92. The van der Waals surface area contributed by atoms with Crippen molar-refractivity contribution in [2.24, 2.45) is 4.99 Å². The SMILES string of the molecule is C=CCOc1c(C=C2SC(=Nc3cccc(C(=O)OCC)c3)N(C)C2=O)cccc1OC. The summed E-state index contributed by atoms with van der Waals surface area (Å²) in [7, 11) is 3.22. The number of hydrogen-bond acceptors (Lipinski definition) is 7. The van der Waals surface area contributed by atoms with Crippen LogP contribution >= 0.6 is 11.8 Å². The third-order valence-electron chi connectivity index (χ3n) is 4.45. The minimum Gasteiger partial charge on any atom is -0.493 e. The number of rotatable bonds is 8. The maximum atomic E-state index is 12.8. The molecular weight excluding hydrogens is 428 g/mol. The molecule has 1 amide bonds. The summed E-state index contributed by atoms with van der Waals surface area (Å²) in [6, 6.07) is 12.3. The van der Waals surface area contributed by atoms with Gasteiger partial charge in [-0.05, 0) is 49.0 Å². The number of amidine groups is 1. The van der Waals surface area contributed by atoms with Crippen LogP contribution < -0.4 is 9.47 Å². The maximum absolute atomic E-state index is 12.8. The molecule has 0 aromatic heterocycles. The summed E-state index contributed by atoms with van der Waals surface area (Å²) in [6.45, 7) is 6.02. The van der Waals surface area contributed by atoms with E-state index in [9.17, 15) is 9.59 Å². The summed E-state index contributed by atoms with van der Waals surface area (Å²) >= 11 is 1.24. The average Bonchev–Trinajstić information content (AvgIpc) is 3.06. The van der Waals surface area contributed by atoms with Crippen LogP contribution in [0.25, 0.3) is 6.08 Å². The number of ether oxygens (including phenoxy) is 3. The molecule has 0 aliphatic carbocycles. The van der Waals surface area contributed by atoms with Gasteiger partial charge in [0.2, 0.25) is 0 Å². The Kier molecular flexibility index (Phi) is 7.72. The van der Waals surface area contributed by atoms with Gasteiger partial charge in [0.25, 0.3) is 5.91 Å². The summed E-state index contributed by atoms with van der Waals surface area (Å²) in [5, 5.41) is 0.499. The van der Waals surface area contributed by atoms with E-state index >= 15 is 0 Å². The van der Waals surface area contributed by atoms with Crippen molar-refractivity contribution in [1.82, 2.24) is 4.90 Å². The number of benzene rings is 2. The van der Waals surface area contributed by atoms with Gasteiger partial charge in [-0.3, -0.25) is 9.69 Å². The standard InChI is InChI=1S/C24H24N2O5S/c1-5-13-31-21-16(9-8-12-19(21)29-4)15-20-22(27)26(3)24(32-20)25-18-11-7-10-17(14-18)23(28)30-6-2/h5,7-12,14-15H,1,6,13H2,2-4H3. The highest BCUT2D eigenvalue weighted by Crippen LogP contribution is 2.37. The quantitative estimate of drug-likeness (QED) is 0.329. The molecule has 0 saturated carbocycles. The van der Waals surface area contributed by atoms with E-state index < -0.39 is 5.97 Å². The van der Waals surface area contributed by atoms with Gasteiger partial charge in [0.1, 0.15) is 6.61 Å². The number of para-hydroxylation sites is 1. The molecule has 0 unspecified atom stereocenters. The number of likely N-dealkylation sites (N-methyl/N-ethyl adjacent to an activating group) is 1. The van der Waals surface area contributed by atoms with Crippen LogP contribution in [0.5, 0.6) is 11.5 Å². The molecule has 0 atom stereocenters. The maximum Gasteiger partial charge on any atom is 0.338 e. The van der Waals surface area contributed by atoms with E-state index in [4.69, 9.17) is 14.2 Å². The molecule has 3 rings (SSSR count). The van der Waals surface area contributed by atoms with Gasteiger partial charge in [-0.15, -0.1) is 0 Å². The van der Waals surface area contributed by atoms with Crippen LogP contribution in [0.3, 0.4) is 0 Å². The molecule has 2 aromatic rings. The van der Waals surface area contributed by atoms with E-state index in [-0.39, 0.29) is 5.91 Å². The van der Waals surface area contributed by atoms with Crippen LogP contribution in [0.2, 0.25) is 0 Å². The second-order valence-electron chi connectivity index (χ2n) is 6.62. The summed E-state index contributed by atoms with van der Waals surface area (Å²) in [5.41, 5.74) is 1.66. The summed E-state index contributed by atoms with van der Waals surface area (Å²) in [5.74, 6) is 0.497. The van der Waals surface area contributed by atoms with E-state index in [1.54, 1.807) is 63.6 Å². The number of carbonyl (C=O) groups is 2. The van der Waals surface area contributed by atoms with Crippen LogP contribution in [0.1, 0.15) is 22.8 Å². The van der Waals surface area contributed by atoms with E-state index in [1.807, 2.05) is 12.1 Å². The molecule has 1 aliphatic heterocycles. The first-order valence-corrected chi connectivity index (χ1v) is 10.7. The average molecular weight is 453 g/mol. The lowest BCUT2D eigenvalue weighted by Gasteiger charge is -2.12. The van der Waals surface area contributed by atoms with Gasteiger partial charge in [-0.1, -0.05) is 30.9 Å². The molecule has 7 nitrogen and oxygen atoms in total. The van der Waals surface area contributed by atoms with Crippen molar-refractivity contribution in [1.29, 1.82) is 0 Å². The second kappa shape index (κ2) is 10.7. The van der Waals surface area contributed by atoms with Gasteiger partial charge in [0.15, 0.2) is 16.7 Å². The lowest BCUT2D eigenvalue weighted by atomic mass is 10.1. The fourth-order valence-electron chi connectivity index (χ4n) is 2.92. The van der Waals surface area contributed by atoms with Crippen LogP contribution in [0, 0.1) is 0 Å². The van der Waals surface area contributed by atoms with Crippen molar-refractivity contribution in [2.45, 2.75) is 6.92 Å². The minimum atomic E-state index is -0.413. The third-order valence-corrected chi connectivity index (χ3v) is 5.51. The molecule has 8 heteroatoms. The molecule has 1 heterocycles. The normalized spacial score (nSPS) is 15.8. The minimum absolute atomic E-state index is 0.187. The Bertz CT molecular complexity index is 1090. The topological polar surface area (TPSA) is 77.4 Å². The summed E-state index contributed by atoms with van der Waals surface area (Å²) in [4.78, 5) is 31.3. The Balaban J connectivity index is 1.91. The van der Waals surface area contributed by atoms with Gasteiger partial charge in [0, 0.05) is 12.6 Å². The van der Waals surface area contributed by atoms with Crippen LogP contribution in [-0.2, 0) is 9.53 Å². The fourth-order valence-corrected chi connectivity index (χ4v) is 3.90. The number of hydrogen-bond donors (Lipinski definition) is 0. The number of aliphatic imine (C=N–C) groups is 1. The zero-order chi connectivity index (χ0) is 23.1. The zero-order valence-corrected chi connectivity index (χ0v) is 19.0. The number of esters is 1. The molecule has 1 aliphatic rings. The summed E-state index contributed by atoms with van der Waals surface area (Å²) in [6.07, 6.45) is 3.39. The van der Waals surface area contributed by atoms with Crippen molar-refractivity contribution in [3.63, 3.8) is 0 Å². The van der Waals surface area contributed by atoms with Crippen molar-refractivity contribution >= 4 is 40.6 Å². The van der Waals surface area contributed by atoms with Gasteiger partial charge in [0.05, 0.1) is 29.9 Å². The van der Waals surface area contributed by atoms with Crippen molar-refractivity contribution in [2.75, 3.05) is 27.4 Å². The fraction of sp³-hybridized carbons (Fsp3) is 0.208. The molecule has 0 spiro atoms. The number of nitrogens with zero attached hydrogens (tertiary/aromatic N) is 2. The smallest absolute Gasteiger partial charge is 0.338 e. The molecule has 1 saturated heterocycles. The highest BCUT2D eigenvalue weighted by molar-refractivity contribution is 8.18. The second-order valence-corrected chi connectivity index (χ2v) is 7.63. The molecule has 0 bridgehead atoms. The van der Waals surface area contributed by atoms with E-state index in [1.165, 1.54) is 16.7 Å². The summed E-state index contributed by atoms with van der Waals surface area (Å²) < 4.78 is 16.2. The first kappa shape index (κ1) is 23.1. The highest BCUT2D eigenvalue weighted by Gasteiger charge is 2.31. The van der Waals surface area contributed by atoms with Crippen LogP contribution in [-0.4, -0.2) is 49.3 Å². The van der Waals surface area contributed by atoms with Gasteiger partial charge in [-0.2, -0.15) is 0 Å². The Morgan fingerprint density at radius 2 is 2.03 bits per heavy atom. The van der Waals surface area contributed by atoms with Crippen molar-refractivity contribution < 1.29 is 23.8 Å². The predicted molar refractivity (Wildman–Crippen MR) is 127 cm³/mol. The van der Waals surface area contributed by atoms with E-state index in [0.717, 1.165) is 0 Å². The Morgan fingerprint density at radius 3 is 2.75 bits per heavy atom. The third kappa shape index (κ3) is 5.20. The van der Waals surface area contributed by atoms with Gasteiger partial charge < -0.3 is 14.2 Å². The molecule has 2 aromatic carbocycles. The number of carbonyl (C=O) groups excluding carboxylic acids is 2. The van der Waals surface area contributed by atoms with Crippen molar-refractivity contribution in [3.8, 4) is 11.5 Å². The predicted octanol–water partition coefficient (Wildman–Crippen LogP) is 4.67. The molecule has 166 valence electrons. The van der Waals surface area contributed by atoms with Crippen LogP contribution in [0.15, 0.2) is 65.0 Å². The number of methoxy groups -OCH3 is 1. The van der Waals surface area contributed by atoms with Crippen molar-refractivity contribution in [3.05, 3.63) is 71.2 Å². The highest BCUT2D eigenvalue weighted by atomic mass is 32.2. The zero-order valence-electron chi connectivity index (χ0n) is 18.2. The molecule has 0 radical (unpaired) electrons. The van der Waals surface area contributed by atoms with Crippen LogP contribution in [0.4, 0.5) is 5.69 Å². The Labute approximate surface area is 191 Å². The molecular formula is C24H24N2O5S. The van der Waals surface area contributed by atoms with Gasteiger partial charge in [-0.25, -0.2) is 9.79 Å². The molecule has 1 fully saturated rings. The van der Waals surface area contributed by atoms with E-state index in [2.05, 4.69) is 11.6 Å². The van der Waals surface area contributed by atoms with E-state index in [0.29, 0.717) is 51.6 Å². The lowest BCUT2D eigenvalue weighted by molar-refractivity contribution is -0.121. The largest absolute Gasteiger partial charge is 0.493 e. The lowest BCUT2D eigenvalue weighted by Crippen LogP contribution is -2.23. The first-order chi connectivity index (χ1) is 15.5. The molecule has 0 N–H and O–H groups in total. The monoisotopic (exact) mass is 452 g/mol. The molecule has 32 heavy (non-hydrogen) atoms. The number of thioether (sulfide) groups is 1. The Hall–Kier alpha value is -3.52. The number of amides is 1.